The zero-order chi connectivity index (χ0) is 19.2. The Labute approximate surface area is 157 Å². The highest BCUT2D eigenvalue weighted by atomic mass is 16.5. The van der Waals surface area contributed by atoms with Gasteiger partial charge in [-0.3, -0.25) is 15.4 Å². The number of anilines is 2. The van der Waals surface area contributed by atoms with E-state index in [4.69, 9.17) is 4.74 Å². The van der Waals surface area contributed by atoms with Crippen molar-refractivity contribution in [2.45, 2.75) is 33.1 Å². The third-order valence-electron chi connectivity index (χ3n) is 4.09. The molecule has 5 nitrogen and oxygen atoms in total. The molecule has 0 aliphatic rings. The Bertz CT molecular complexity index is 732. The van der Waals surface area contributed by atoms with E-state index >= 15 is 0 Å². The molecule has 0 bridgehead atoms. The first-order chi connectivity index (χ1) is 12.4. The number of hydrogen-bond donors (Lipinski definition) is 2. The van der Waals surface area contributed by atoms with E-state index in [0.29, 0.717) is 5.96 Å². The van der Waals surface area contributed by atoms with E-state index in [1.54, 1.807) is 14.2 Å². The fourth-order valence-electron chi connectivity index (χ4n) is 2.58. The standard InChI is InChI=1S/C21H30N4O/c1-7-23-20(22-5)24-25(18-9-8-10-19(15-18)26-6)17-13-11-16(12-14-17)21(2,3)4/h8-15H,7H2,1-6H3,(H2,22,23,24). The van der Waals surface area contributed by atoms with Crippen molar-refractivity contribution in [2.75, 3.05) is 25.7 Å². The van der Waals surface area contributed by atoms with Crippen molar-refractivity contribution in [1.29, 1.82) is 0 Å². The molecule has 0 aliphatic heterocycles. The molecular weight excluding hydrogens is 324 g/mol. The van der Waals surface area contributed by atoms with Gasteiger partial charge in [-0.1, -0.05) is 39.0 Å². The van der Waals surface area contributed by atoms with Gasteiger partial charge < -0.3 is 10.1 Å². The summed E-state index contributed by atoms with van der Waals surface area (Å²) >= 11 is 0. The Hall–Kier alpha value is -2.69. The van der Waals surface area contributed by atoms with E-state index in [1.807, 2.05) is 36.2 Å². The summed E-state index contributed by atoms with van der Waals surface area (Å²) < 4.78 is 5.38. The molecule has 0 amide bonds. The minimum atomic E-state index is 0.118. The minimum absolute atomic E-state index is 0.118. The lowest BCUT2D eigenvalue weighted by Crippen LogP contribution is -2.46. The topological polar surface area (TPSA) is 48.9 Å². The van der Waals surface area contributed by atoms with Crippen molar-refractivity contribution in [3.8, 4) is 5.75 Å². The summed E-state index contributed by atoms with van der Waals surface area (Å²) in [6, 6.07) is 16.5. The second kappa shape index (κ2) is 8.61. The molecule has 0 aromatic heterocycles. The normalized spacial score (nSPS) is 11.8. The molecule has 0 saturated heterocycles. The molecule has 2 aromatic carbocycles. The van der Waals surface area contributed by atoms with Gasteiger partial charge in [-0.25, -0.2) is 0 Å². The third-order valence-corrected chi connectivity index (χ3v) is 4.09. The van der Waals surface area contributed by atoms with Gasteiger partial charge in [0.2, 0.25) is 5.96 Å². The molecule has 26 heavy (non-hydrogen) atoms. The lowest BCUT2D eigenvalue weighted by atomic mass is 9.87. The summed E-state index contributed by atoms with van der Waals surface area (Å²) in [6.45, 7) is 9.47. The molecule has 0 atom stereocenters. The smallest absolute Gasteiger partial charge is 0.210 e. The Kier molecular flexibility index (Phi) is 6.50. The lowest BCUT2D eigenvalue weighted by molar-refractivity contribution is 0.415. The predicted octanol–water partition coefficient (Wildman–Crippen LogP) is 4.23. The van der Waals surface area contributed by atoms with Crippen LogP contribution in [0.15, 0.2) is 53.5 Å². The maximum atomic E-state index is 5.38. The average Bonchev–Trinajstić information content (AvgIpc) is 2.64. The highest BCUT2D eigenvalue weighted by molar-refractivity contribution is 5.83. The maximum Gasteiger partial charge on any atom is 0.210 e. The SMILES string of the molecule is CCNC(=NC)NN(c1ccc(C(C)(C)C)cc1)c1cccc(OC)c1. The first-order valence-corrected chi connectivity index (χ1v) is 8.91. The third kappa shape index (κ3) is 4.91. The van der Waals surface area contributed by atoms with Crippen LogP contribution >= 0.6 is 0 Å². The van der Waals surface area contributed by atoms with Crippen LogP contribution in [0.25, 0.3) is 0 Å². The molecule has 140 valence electrons. The molecule has 5 heteroatoms. The molecule has 0 aliphatic carbocycles. The average molecular weight is 354 g/mol. The molecule has 2 rings (SSSR count). The van der Waals surface area contributed by atoms with Gasteiger partial charge in [0.25, 0.3) is 0 Å². The summed E-state index contributed by atoms with van der Waals surface area (Å²) in [5.74, 6) is 1.51. The second-order valence-corrected chi connectivity index (χ2v) is 7.05. The molecule has 0 spiro atoms. The monoisotopic (exact) mass is 354 g/mol. The summed E-state index contributed by atoms with van der Waals surface area (Å²) in [6.07, 6.45) is 0. The van der Waals surface area contributed by atoms with Crippen LogP contribution in [0.2, 0.25) is 0 Å². The number of ether oxygens (including phenoxy) is 1. The fraction of sp³-hybridized carbons (Fsp3) is 0.381. The summed E-state index contributed by atoms with van der Waals surface area (Å²) in [5, 5.41) is 5.23. The fourth-order valence-corrected chi connectivity index (χ4v) is 2.58. The van der Waals surface area contributed by atoms with E-state index in [-0.39, 0.29) is 5.41 Å². The van der Waals surface area contributed by atoms with Gasteiger partial charge in [-0.15, -0.1) is 0 Å². The molecule has 0 fully saturated rings. The lowest BCUT2D eigenvalue weighted by Gasteiger charge is -2.28. The van der Waals surface area contributed by atoms with Crippen LogP contribution in [0.3, 0.4) is 0 Å². The van der Waals surface area contributed by atoms with Gasteiger partial charge in [-0.2, -0.15) is 0 Å². The first kappa shape index (κ1) is 19.6. The van der Waals surface area contributed by atoms with Gasteiger partial charge in [-0.05, 0) is 42.2 Å². The summed E-state index contributed by atoms with van der Waals surface area (Å²) in [4.78, 5) is 4.29. The van der Waals surface area contributed by atoms with E-state index < -0.39 is 0 Å². The number of methoxy groups -OCH3 is 1. The van der Waals surface area contributed by atoms with Crippen molar-refractivity contribution in [3.05, 3.63) is 54.1 Å². The van der Waals surface area contributed by atoms with Crippen molar-refractivity contribution in [1.82, 2.24) is 10.7 Å². The molecule has 2 N–H and O–H groups in total. The second-order valence-electron chi connectivity index (χ2n) is 7.05. The van der Waals surface area contributed by atoms with Gasteiger partial charge in [0.05, 0.1) is 18.5 Å². The van der Waals surface area contributed by atoms with E-state index in [0.717, 1.165) is 23.7 Å². The number of hydrazine groups is 1. The highest BCUT2D eigenvalue weighted by Gasteiger charge is 2.16. The van der Waals surface area contributed by atoms with Crippen LogP contribution in [0.5, 0.6) is 5.75 Å². The van der Waals surface area contributed by atoms with E-state index in [2.05, 4.69) is 60.8 Å². The zero-order valence-electron chi connectivity index (χ0n) is 16.6. The number of hydrogen-bond acceptors (Lipinski definition) is 3. The Morgan fingerprint density at radius 2 is 1.77 bits per heavy atom. The quantitative estimate of drug-likeness (QED) is 0.479. The Balaban J connectivity index is 2.42. The zero-order valence-corrected chi connectivity index (χ0v) is 16.6. The number of guanidine groups is 1. The first-order valence-electron chi connectivity index (χ1n) is 8.91. The van der Waals surface area contributed by atoms with E-state index in [9.17, 15) is 0 Å². The van der Waals surface area contributed by atoms with Crippen molar-refractivity contribution >= 4 is 17.3 Å². The molecule has 0 unspecified atom stereocenters. The number of nitrogens with one attached hydrogen (secondary N) is 2. The van der Waals surface area contributed by atoms with E-state index in [1.165, 1.54) is 5.56 Å². The van der Waals surface area contributed by atoms with Crippen molar-refractivity contribution in [3.63, 3.8) is 0 Å². The number of aliphatic imine (C=N–C) groups is 1. The number of rotatable bonds is 5. The molecule has 2 aromatic rings. The van der Waals surface area contributed by atoms with Crippen LogP contribution in [0.4, 0.5) is 11.4 Å². The van der Waals surface area contributed by atoms with Gasteiger partial charge >= 0.3 is 0 Å². The molecule has 0 saturated carbocycles. The Morgan fingerprint density at radius 3 is 2.31 bits per heavy atom. The van der Waals surface area contributed by atoms with Crippen LogP contribution in [-0.2, 0) is 5.41 Å². The van der Waals surface area contributed by atoms with Crippen molar-refractivity contribution < 1.29 is 4.74 Å². The summed E-state index contributed by atoms with van der Waals surface area (Å²) in [7, 11) is 3.43. The van der Waals surface area contributed by atoms with Gasteiger partial charge in [0.1, 0.15) is 5.75 Å². The van der Waals surface area contributed by atoms with Crippen LogP contribution in [-0.4, -0.2) is 26.7 Å². The van der Waals surface area contributed by atoms with Gasteiger partial charge in [0.15, 0.2) is 0 Å². The Morgan fingerprint density at radius 1 is 1.08 bits per heavy atom. The summed E-state index contributed by atoms with van der Waals surface area (Å²) in [5.41, 5.74) is 6.76. The van der Waals surface area contributed by atoms with Crippen LogP contribution < -0.4 is 20.5 Å². The largest absolute Gasteiger partial charge is 0.497 e. The van der Waals surface area contributed by atoms with Crippen molar-refractivity contribution in [2.24, 2.45) is 4.99 Å². The van der Waals surface area contributed by atoms with Gasteiger partial charge in [0, 0.05) is 19.7 Å². The number of nitrogens with zero attached hydrogens (tertiary/aromatic N) is 2. The van der Waals surface area contributed by atoms with Crippen LogP contribution in [0, 0.1) is 0 Å². The number of benzene rings is 2. The minimum Gasteiger partial charge on any atom is -0.497 e. The molecular formula is C21H30N4O. The predicted molar refractivity (Wildman–Crippen MR) is 110 cm³/mol. The molecule has 0 radical (unpaired) electrons. The highest BCUT2D eigenvalue weighted by Crippen LogP contribution is 2.29. The van der Waals surface area contributed by atoms with Crippen LogP contribution in [0.1, 0.15) is 33.3 Å². The maximum absolute atomic E-state index is 5.38. The molecule has 0 heterocycles.